The highest BCUT2D eigenvalue weighted by Gasteiger charge is 2.36. The molecule has 0 unspecified atom stereocenters. The minimum atomic E-state index is -0.168. The number of aliphatic hydroxyl groups excluding tert-OH is 1. The number of aryl methyl sites for hydroxylation is 1. The second-order valence-corrected chi connectivity index (χ2v) is 6.72. The Morgan fingerprint density at radius 1 is 1.36 bits per heavy atom. The van der Waals surface area contributed by atoms with Crippen molar-refractivity contribution in [3.63, 3.8) is 0 Å². The van der Waals surface area contributed by atoms with Crippen LogP contribution in [0.3, 0.4) is 0 Å². The van der Waals surface area contributed by atoms with E-state index in [-0.39, 0.29) is 23.5 Å². The molecule has 1 N–H and O–H groups in total. The molecule has 1 amide bonds. The maximum Gasteiger partial charge on any atom is 0.258 e. The van der Waals surface area contributed by atoms with Gasteiger partial charge < -0.3 is 14.4 Å². The van der Waals surface area contributed by atoms with Gasteiger partial charge in [0.15, 0.2) is 0 Å². The number of hydrogen-bond donors (Lipinski definition) is 1. The third-order valence-corrected chi connectivity index (χ3v) is 5.43. The van der Waals surface area contributed by atoms with Gasteiger partial charge in [0.2, 0.25) is 5.88 Å². The van der Waals surface area contributed by atoms with E-state index in [0.717, 1.165) is 19.3 Å². The molecule has 2 aromatic heterocycles. The van der Waals surface area contributed by atoms with E-state index in [9.17, 15) is 15.2 Å². The fraction of sp³-hybridized carbons (Fsp3) is 0.474. The van der Waals surface area contributed by atoms with Gasteiger partial charge in [-0.3, -0.25) is 9.36 Å². The fourth-order valence-corrected chi connectivity index (χ4v) is 3.51. The van der Waals surface area contributed by atoms with Crippen molar-refractivity contribution in [1.29, 1.82) is 5.26 Å². The first-order valence-corrected chi connectivity index (χ1v) is 8.62. The summed E-state index contributed by atoms with van der Waals surface area (Å²) < 4.78 is 7.43. The third-order valence-electron chi connectivity index (χ3n) is 5.43. The first kappa shape index (κ1) is 17.3. The van der Waals surface area contributed by atoms with Gasteiger partial charge in [-0.15, -0.1) is 0 Å². The Bertz CT molecular complexity index is 785. The van der Waals surface area contributed by atoms with Crippen LogP contribution in [0.25, 0.3) is 5.88 Å². The first-order valence-electron chi connectivity index (χ1n) is 8.62. The average molecular weight is 341 g/mol. The topological polar surface area (TPSA) is 82.4 Å². The van der Waals surface area contributed by atoms with Crippen LogP contribution in [0, 0.1) is 23.7 Å². The highest BCUT2D eigenvalue weighted by molar-refractivity contribution is 5.98. The zero-order valence-electron chi connectivity index (χ0n) is 14.7. The number of nitriles is 1. The Morgan fingerprint density at radius 3 is 2.52 bits per heavy atom. The first-order chi connectivity index (χ1) is 12.0. The molecule has 0 atom stereocenters. The largest absolute Gasteiger partial charge is 0.443 e. The van der Waals surface area contributed by atoms with E-state index in [1.165, 1.54) is 0 Å². The molecule has 0 aliphatic carbocycles. The average Bonchev–Trinajstić information content (AvgIpc) is 3.28. The van der Waals surface area contributed by atoms with Crippen molar-refractivity contribution in [2.75, 3.05) is 19.7 Å². The maximum atomic E-state index is 13.0. The predicted molar refractivity (Wildman–Crippen MR) is 92.4 cm³/mol. The van der Waals surface area contributed by atoms with Crippen molar-refractivity contribution >= 4 is 5.91 Å². The van der Waals surface area contributed by atoms with E-state index in [1.807, 2.05) is 12.1 Å². The molecular weight excluding hydrogens is 318 g/mol. The van der Waals surface area contributed by atoms with E-state index in [4.69, 9.17) is 4.42 Å². The molecule has 0 aromatic carbocycles. The molecule has 3 heterocycles. The molecule has 6 nitrogen and oxygen atoms in total. The van der Waals surface area contributed by atoms with Gasteiger partial charge in [0.05, 0.1) is 0 Å². The van der Waals surface area contributed by atoms with Crippen LogP contribution >= 0.6 is 0 Å². The molecule has 0 saturated carbocycles. The van der Waals surface area contributed by atoms with Crippen molar-refractivity contribution in [2.45, 2.75) is 33.1 Å². The summed E-state index contributed by atoms with van der Waals surface area (Å²) in [6, 6.07) is 5.81. The highest BCUT2D eigenvalue weighted by Crippen LogP contribution is 2.35. The highest BCUT2D eigenvalue weighted by atomic mass is 16.4. The smallest absolute Gasteiger partial charge is 0.258 e. The Labute approximate surface area is 147 Å². The second kappa shape index (κ2) is 6.77. The molecule has 2 aromatic rings. The van der Waals surface area contributed by atoms with Gasteiger partial charge in [-0.2, -0.15) is 5.26 Å². The number of carbonyl (C=O) groups is 1. The lowest BCUT2D eigenvalue weighted by Crippen LogP contribution is -2.44. The summed E-state index contributed by atoms with van der Waals surface area (Å²) in [6.07, 6.45) is 6.01. The minimum absolute atomic E-state index is 0.0867. The Hall–Kier alpha value is -2.52. The quantitative estimate of drug-likeness (QED) is 0.927. The Morgan fingerprint density at radius 2 is 2.00 bits per heavy atom. The molecule has 1 saturated heterocycles. The van der Waals surface area contributed by atoms with Crippen molar-refractivity contribution < 1.29 is 14.3 Å². The lowest BCUT2D eigenvalue weighted by atomic mass is 9.77. The SMILES string of the molecule is CCC1(CO)CCN(C(=O)c2c(C)oc(-n3cccc3)c2C#N)CC1. The number of rotatable bonds is 4. The van der Waals surface area contributed by atoms with Crippen molar-refractivity contribution in [3.05, 3.63) is 41.4 Å². The van der Waals surface area contributed by atoms with Gasteiger partial charge in [0, 0.05) is 32.1 Å². The lowest BCUT2D eigenvalue weighted by Gasteiger charge is -2.40. The summed E-state index contributed by atoms with van der Waals surface area (Å²) in [5.74, 6) is 0.669. The van der Waals surface area contributed by atoms with Crippen LogP contribution in [0.5, 0.6) is 0 Å². The maximum absolute atomic E-state index is 13.0. The summed E-state index contributed by atoms with van der Waals surface area (Å²) in [5.41, 5.74) is 0.531. The van der Waals surface area contributed by atoms with Crippen LogP contribution in [0.15, 0.2) is 28.9 Å². The summed E-state index contributed by atoms with van der Waals surface area (Å²) in [7, 11) is 0. The standard InChI is InChI=1S/C19H23N3O3/c1-3-19(13-23)6-10-21(11-7-19)17(24)16-14(2)25-18(15(16)12-20)22-8-4-5-9-22/h4-5,8-9,23H,3,6-7,10-11,13H2,1-2H3. The van der Waals surface area contributed by atoms with Crippen LogP contribution in [-0.2, 0) is 0 Å². The van der Waals surface area contributed by atoms with Gasteiger partial charge in [0.25, 0.3) is 5.91 Å². The molecule has 6 heteroatoms. The van der Waals surface area contributed by atoms with E-state index < -0.39 is 0 Å². The molecule has 0 spiro atoms. The van der Waals surface area contributed by atoms with Crippen molar-refractivity contribution in [2.24, 2.45) is 5.41 Å². The van der Waals surface area contributed by atoms with Gasteiger partial charge in [-0.1, -0.05) is 6.92 Å². The van der Waals surface area contributed by atoms with Gasteiger partial charge in [-0.05, 0) is 43.7 Å². The molecule has 3 rings (SSSR count). The molecule has 0 bridgehead atoms. The molecule has 1 aliphatic heterocycles. The molecule has 0 radical (unpaired) electrons. The number of hydrogen-bond acceptors (Lipinski definition) is 4. The van der Waals surface area contributed by atoms with E-state index in [2.05, 4.69) is 13.0 Å². The molecule has 1 fully saturated rings. The number of furan rings is 1. The number of amides is 1. The van der Waals surface area contributed by atoms with Crippen molar-refractivity contribution in [1.82, 2.24) is 9.47 Å². The number of aromatic nitrogens is 1. The number of carbonyl (C=O) groups excluding carboxylic acids is 1. The van der Waals surface area contributed by atoms with Crippen LogP contribution in [-0.4, -0.2) is 40.2 Å². The number of nitrogens with zero attached hydrogens (tertiary/aromatic N) is 3. The van der Waals surface area contributed by atoms with E-state index in [0.29, 0.717) is 30.3 Å². The van der Waals surface area contributed by atoms with Gasteiger partial charge in [0.1, 0.15) is 23.0 Å². The van der Waals surface area contributed by atoms with Gasteiger partial charge in [-0.25, -0.2) is 0 Å². The zero-order chi connectivity index (χ0) is 18.0. The van der Waals surface area contributed by atoms with E-state index >= 15 is 0 Å². The second-order valence-electron chi connectivity index (χ2n) is 6.72. The summed E-state index contributed by atoms with van der Waals surface area (Å²) in [6.45, 7) is 5.11. The summed E-state index contributed by atoms with van der Waals surface area (Å²) in [4.78, 5) is 14.8. The van der Waals surface area contributed by atoms with E-state index in [1.54, 1.807) is 28.8 Å². The summed E-state index contributed by atoms with van der Waals surface area (Å²) in [5, 5.41) is 19.2. The normalized spacial score (nSPS) is 16.6. The van der Waals surface area contributed by atoms with Crippen LogP contribution in [0.1, 0.15) is 47.9 Å². The number of likely N-dealkylation sites (tertiary alicyclic amines) is 1. The molecule has 132 valence electrons. The fourth-order valence-electron chi connectivity index (χ4n) is 3.51. The predicted octanol–water partition coefficient (Wildman–Crippen LogP) is 2.88. The number of aliphatic hydroxyl groups is 1. The van der Waals surface area contributed by atoms with Crippen LogP contribution in [0.4, 0.5) is 0 Å². The van der Waals surface area contributed by atoms with Crippen LogP contribution in [0.2, 0.25) is 0 Å². The molecule has 25 heavy (non-hydrogen) atoms. The Kier molecular flexibility index (Phi) is 4.69. The van der Waals surface area contributed by atoms with Crippen molar-refractivity contribution in [3.8, 4) is 12.0 Å². The third kappa shape index (κ3) is 2.96. The monoisotopic (exact) mass is 341 g/mol. The molecule has 1 aliphatic rings. The van der Waals surface area contributed by atoms with Crippen LogP contribution < -0.4 is 0 Å². The molecular formula is C19H23N3O3. The summed E-state index contributed by atoms with van der Waals surface area (Å²) >= 11 is 0. The lowest BCUT2D eigenvalue weighted by molar-refractivity contribution is 0.0337. The van der Waals surface area contributed by atoms with Gasteiger partial charge >= 0.3 is 0 Å². The Balaban J connectivity index is 1.88. The number of piperidine rings is 1. The minimum Gasteiger partial charge on any atom is -0.443 e. The zero-order valence-corrected chi connectivity index (χ0v) is 14.7.